The van der Waals surface area contributed by atoms with Crippen molar-refractivity contribution in [2.24, 2.45) is 0 Å². The van der Waals surface area contributed by atoms with Crippen LogP contribution in [0.3, 0.4) is 0 Å². The summed E-state index contributed by atoms with van der Waals surface area (Å²) in [4.78, 5) is 37.1. The summed E-state index contributed by atoms with van der Waals surface area (Å²) in [6.45, 7) is 3.50. The number of hydrogen-bond donors (Lipinski definition) is 0. The predicted octanol–water partition coefficient (Wildman–Crippen LogP) is 2.70. The number of amides is 2. The summed E-state index contributed by atoms with van der Waals surface area (Å²) in [5.74, 6) is -1.52. The number of fused-ring (bicyclic) bond motifs is 1. The van der Waals surface area contributed by atoms with E-state index in [1.165, 1.54) is 0 Å². The van der Waals surface area contributed by atoms with Crippen LogP contribution in [-0.2, 0) is 19.1 Å². The number of halogens is 1. The number of nitrogens with zero attached hydrogens (tertiary/aromatic N) is 1. The monoisotopic (exact) mass is 323 g/mol. The Hall–Kier alpha value is -2.34. The van der Waals surface area contributed by atoms with Crippen LogP contribution in [0.15, 0.2) is 29.3 Å². The maximum absolute atomic E-state index is 12.5. The Balaban J connectivity index is 2.55. The number of para-hydroxylation sites is 1. The zero-order chi connectivity index (χ0) is 16.3. The highest BCUT2D eigenvalue weighted by atomic mass is 35.5. The highest BCUT2D eigenvalue weighted by molar-refractivity contribution is 6.53. The van der Waals surface area contributed by atoms with Gasteiger partial charge in [0.25, 0.3) is 5.91 Å². The maximum Gasteiger partial charge on any atom is 0.421 e. The minimum absolute atomic E-state index is 0.0660. The van der Waals surface area contributed by atoms with Crippen LogP contribution >= 0.6 is 11.6 Å². The Bertz CT molecular complexity index is 668. The van der Waals surface area contributed by atoms with Gasteiger partial charge < -0.3 is 9.47 Å². The van der Waals surface area contributed by atoms with E-state index < -0.39 is 18.0 Å². The van der Waals surface area contributed by atoms with Crippen LogP contribution in [0.5, 0.6) is 0 Å². The lowest BCUT2D eigenvalue weighted by Gasteiger charge is -2.13. The molecule has 0 saturated carbocycles. The van der Waals surface area contributed by atoms with Gasteiger partial charge >= 0.3 is 12.1 Å². The Morgan fingerprint density at radius 2 is 1.77 bits per heavy atom. The first-order valence-corrected chi connectivity index (χ1v) is 7.08. The number of anilines is 1. The average molecular weight is 324 g/mol. The second-order valence-electron chi connectivity index (χ2n) is 4.27. The number of carbonyl (C=O) groups is 3. The standard InChI is InChI=1S/C15H14ClNO5/c1-3-21-14(19)12(16)11-9-7-5-6-8-10(9)17(13(11)18)15(20)22-4-2/h5-8H,3-4H2,1-2H3/b12-11-. The molecule has 1 aromatic rings. The molecule has 1 aromatic carbocycles. The molecular weight excluding hydrogens is 310 g/mol. The summed E-state index contributed by atoms with van der Waals surface area (Å²) >= 11 is 5.99. The number of ether oxygens (including phenoxy) is 2. The minimum Gasteiger partial charge on any atom is -0.462 e. The molecule has 22 heavy (non-hydrogen) atoms. The van der Waals surface area contributed by atoms with E-state index in [4.69, 9.17) is 21.1 Å². The molecular formula is C15H14ClNO5. The molecule has 0 saturated heterocycles. The lowest BCUT2D eigenvalue weighted by Crippen LogP contribution is -2.34. The van der Waals surface area contributed by atoms with Crippen molar-refractivity contribution >= 4 is 40.8 Å². The van der Waals surface area contributed by atoms with Gasteiger partial charge in [-0.15, -0.1) is 0 Å². The molecule has 7 heteroatoms. The molecule has 0 bridgehead atoms. The van der Waals surface area contributed by atoms with E-state index in [0.29, 0.717) is 11.3 Å². The van der Waals surface area contributed by atoms with E-state index in [2.05, 4.69) is 0 Å². The SMILES string of the molecule is CCOC(=O)/C(Cl)=C1/C(=O)N(C(=O)OCC)c2ccccc21. The molecule has 2 amide bonds. The van der Waals surface area contributed by atoms with Gasteiger partial charge in [0.15, 0.2) is 0 Å². The van der Waals surface area contributed by atoms with Crippen LogP contribution in [0.25, 0.3) is 5.57 Å². The minimum atomic E-state index is -0.816. The number of esters is 1. The van der Waals surface area contributed by atoms with Crippen molar-refractivity contribution in [1.82, 2.24) is 0 Å². The third-order valence-corrected chi connectivity index (χ3v) is 3.30. The molecule has 0 unspecified atom stereocenters. The van der Waals surface area contributed by atoms with Gasteiger partial charge in [-0.05, 0) is 19.9 Å². The predicted molar refractivity (Wildman–Crippen MR) is 80.4 cm³/mol. The molecule has 0 aromatic heterocycles. The fraction of sp³-hybridized carbons (Fsp3) is 0.267. The Morgan fingerprint density at radius 3 is 2.41 bits per heavy atom. The van der Waals surface area contributed by atoms with Crippen molar-refractivity contribution in [3.05, 3.63) is 34.9 Å². The van der Waals surface area contributed by atoms with E-state index >= 15 is 0 Å². The Morgan fingerprint density at radius 1 is 1.14 bits per heavy atom. The average Bonchev–Trinajstić information content (AvgIpc) is 2.79. The highest BCUT2D eigenvalue weighted by Crippen LogP contribution is 2.39. The van der Waals surface area contributed by atoms with Gasteiger partial charge in [-0.25, -0.2) is 14.5 Å². The topological polar surface area (TPSA) is 72.9 Å². The fourth-order valence-electron chi connectivity index (χ4n) is 2.09. The Kier molecular flexibility index (Phi) is 4.82. The summed E-state index contributed by atoms with van der Waals surface area (Å²) < 4.78 is 9.68. The third kappa shape index (κ3) is 2.69. The van der Waals surface area contributed by atoms with E-state index in [-0.39, 0.29) is 23.8 Å². The quantitative estimate of drug-likeness (QED) is 0.631. The maximum atomic E-state index is 12.5. The molecule has 0 aliphatic carbocycles. The first-order valence-electron chi connectivity index (χ1n) is 6.70. The first kappa shape index (κ1) is 16.0. The highest BCUT2D eigenvalue weighted by Gasteiger charge is 2.40. The van der Waals surface area contributed by atoms with Crippen LogP contribution in [-0.4, -0.2) is 31.2 Å². The summed E-state index contributed by atoms with van der Waals surface area (Å²) in [7, 11) is 0. The van der Waals surface area contributed by atoms with E-state index in [1.807, 2.05) is 0 Å². The molecule has 2 rings (SSSR count). The zero-order valence-electron chi connectivity index (χ0n) is 12.1. The molecule has 0 fully saturated rings. The second-order valence-corrected chi connectivity index (χ2v) is 4.64. The number of carbonyl (C=O) groups excluding carboxylic acids is 3. The largest absolute Gasteiger partial charge is 0.462 e. The molecule has 1 aliphatic heterocycles. The van der Waals surface area contributed by atoms with Crippen LogP contribution in [0.4, 0.5) is 10.5 Å². The molecule has 1 heterocycles. The van der Waals surface area contributed by atoms with Crippen LogP contribution in [0.2, 0.25) is 0 Å². The summed E-state index contributed by atoms with van der Waals surface area (Å²) in [5.41, 5.74) is 0.644. The molecule has 0 radical (unpaired) electrons. The van der Waals surface area contributed by atoms with Crippen LogP contribution in [0.1, 0.15) is 19.4 Å². The normalized spacial score (nSPS) is 15.4. The van der Waals surface area contributed by atoms with E-state index in [9.17, 15) is 14.4 Å². The van der Waals surface area contributed by atoms with Crippen LogP contribution < -0.4 is 4.90 Å². The number of hydrogen-bond acceptors (Lipinski definition) is 5. The fourth-order valence-corrected chi connectivity index (χ4v) is 2.33. The lowest BCUT2D eigenvalue weighted by molar-refractivity contribution is -0.137. The van der Waals surface area contributed by atoms with Gasteiger partial charge in [-0.1, -0.05) is 29.8 Å². The van der Waals surface area contributed by atoms with Crippen molar-refractivity contribution in [3.63, 3.8) is 0 Å². The van der Waals surface area contributed by atoms with Gasteiger partial charge in [-0.2, -0.15) is 0 Å². The van der Waals surface area contributed by atoms with Crippen molar-refractivity contribution in [1.29, 1.82) is 0 Å². The molecule has 116 valence electrons. The lowest BCUT2D eigenvalue weighted by atomic mass is 10.1. The number of benzene rings is 1. The van der Waals surface area contributed by atoms with Crippen LogP contribution in [0, 0.1) is 0 Å². The van der Waals surface area contributed by atoms with Crippen molar-refractivity contribution < 1.29 is 23.9 Å². The zero-order valence-corrected chi connectivity index (χ0v) is 12.8. The molecule has 0 atom stereocenters. The smallest absolute Gasteiger partial charge is 0.421 e. The molecule has 1 aliphatic rings. The second kappa shape index (κ2) is 6.62. The van der Waals surface area contributed by atoms with Crippen molar-refractivity contribution in [3.8, 4) is 0 Å². The van der Waals surface area contributed by atoms with E-state index in [1.54, 1.807) is 38.1 Å². The van der Waals surface area contributed by atoms with Gasteiger partial charge in [0.2, 0.25) is 0 Å². The molecule has 0 spiro atoms. The Labute approximate surface area is 132 Å². The third-order valence-electron chi connectivity index (χ3n) is 2.96. The first-order chi connectivity index (χ1) is 10.5. The number of rotatable bonds is 3. The van der Waals surface area contributed by atoms with Gasteiger partial charge in [0, 0.05) is 5.56 Å². The van der Waals surface area contributed by atoms with Gasteiger partial charge in [0.05, 0.1) is 24.5 Å². The van der Waals surface area contributed by atoms with Gasteiger partial charge in [-0.3, -0.25) is 4.79 Å². The van der Waals surface area contributed by atoms with Crippen molar-refractivity contribution in [2.75, 3.05) is 18.1 Å². The molecule has 0 N–H and O–H groups in total. The molecule has 6 nitrogen and oxygen atoms in total. The summed E-state index contributed by atoms with van der Waals surface area (Å²) in [6.07, 6.45) is -0.816. The summed E-state index contributed by atoms with van der Waals surface area (Å²) in [5, 5.41) is -0.355. The number of imide groups is 1. The van der Waals surface area contributed by atoms with E-state index in [0.717, 1.165) is 4.90 Å². The van der Waals surface area contributed by atoms with Crippen molar-refractivity contribution in [2.45, 2.75) is 13.8 Å². The van der Waals surface area contributed by atoms with Gasteiger partial charge in [0.1, 0.15) is 5.03 Å². The summed E-state index contributed by atoms with van der Waals surface area (Å²) in [6, 6.07) is 6.52.